The van der Waals surface area contributed by atoms with Gasteiger partial charge in [-0.3, -0.25) is 0 Å². The topological polar surface area (TPSA) is 29.5 Å². The van der Waals surface area contributed by atoms with Gasteiger partial charge in [-0.1, -0.05) is 26.7 Å². The van der Waals surface area contributed by atoms with Gasteiger partial charge in [-0.05, 0) is 43.9 Å². The molecular formula is C14H28O2. The Labute approximate surface area is 100 Å². The van der Waals surface area contributed by atoms with E-state index in [9.17, 15) is 5.11 Å². The zero-order valence-corrected chi connectivity index (χ0v) is 11.0. The van der Waals surface area contributed by atoms with E-state index in [2.05, 4.69) is 13.8 Å². The van der Waals surface area contributed by atoms with Gasteiger partial charge in [0.1, 0.15) is 0 Å². The molecule has 1 unspecified atom stereocenters. The molecule has 1 saturated carbocycles. The summed E-state index contributed by atoms with van der Waals surface area (Å²) in [6.45, 7) is 6.12. The third-order valence-corrected chi connectivity index (χ3v) is 3.57. The highest BCUT2D eigenvalue weighted by Gasteiger charge is 2.22. The van der Waals surface area contributed by atoms with Gasteiger partial charge < -0.3 is 9.84 Å². The van der Waals surface area contributed by atoms with Gasteiger partial charge in [0, 0.05) is 13.2 Å². The first-order valence-electron chi connectivity index (χ1n) is 6.96. The minimum Gasteiger partial charge on any atom is -0.393 e. The van der Waals surface area contributed by atoms with Crippen LogP contribution in [0.4, 0.5) is 0 Å². The van der Waals surface area contributed by atoms with Gasteiger partial charge in [-0.2, -0.15) is 0 Å². The van der Waals surface area contributed by atoms with E-state index in [0.29, 0.717) is 5.92 Å². The summed E-state index contributed by atoms with van der Waals surface area (Å²) in [5.41, 5.74) is 0. The molecule has 0 radical (unpaired) electrons. The van der Waals surface area contributed by atoms with Crippen molar-refractivity contribution in [3.8, 4) is 0 Å². The highest BCUT2D eigenvalue weighted by Crippen LogP contribution is 2.29. The molecule has 1 aliphatic carbocycles. The molecule has 1 N–H and O–H groups in total. The van der Waals surface area contributed by atoms with Crippen LogP contribution in [0.3, 0.4) is 0 Å². The molecule has 1 fully saturated rings. The molecule has 0 amide bonds. The molecule has 0 aliphatic heterocycles. The lowest BCUT2D eigenvalue weighted by molar-refractivity contribution is 0.0743. The highest BCUT2D eigenvalue weighted by molar-refractivity contribution is 4.74. The predicted octanol–water partition coefficient (Wildman–Crippen LogP) is 3.38. The summed E-state index contributed by atoms with van der Waals surface area (Å²) >= 11 is 0. The van der Waals surface area contributed by atoms with E-state index in [1.54, 1.807) is 0 Å². The number of hydrogen-bond acceptors (Lipinski definition) is 2. The maximum absolute atomic E-state index is 9.94. The van der Waals surface area contributed by atoms with Crippen LogP contribution in [-0.4, -0.2) is 24.4 Å². The number of aliphatic hydroxyl groups excluding tert-OH is 1. The third kappa shape index (κ3) is 5.86. The summed E-state index contributed by atoms with van der Waals surface area (Å²) in [4.78, 5) is 0. The first kappa shape index (κ1) is 14.0. The minimum absolute atomic E-state index is 0.0730. The van der Waals surface area contributed by atoms with Gasteiger partial charge in [0.15, 0.2) is 0 Å². The molecule has 0 aromatic heterocycles. The van der Waals surface area contributed by atoms with Crippen LogP contribution < -0.4 is 0 Å². The van der Waals surface area contributed by atoms with Crippen molar-refractivity contribution in [2.45, 2.75) is 64.9 Å². The van der Waals surface area contributed by atoms with Crippen LogP contribution >= 0.6 is 0 Å². The second-order valence-corrected chi connectivity index (χ2v) is 5.55. The van der Waals surface area contributed by atoms with E-state index in [-0.39, 0.29) is 6.10 Å². The van der Waals surface area contributed by atoms with Crippen molar-refractivity contribution in [1.82, 2.24) is 0 Å². The molecule has 1 rings (SSSR count). The van der Waals surface area contributed by atoms with Crippen molar-refractivity contribution in [1.29, 1.82) is 0 Å². The Balaban J connectivity index is 1.90. The maximum Gasteiger partial charge on any atom is 0.0569 e. The van der Waals surface area contributed by atoms with Crippen molar-refractivity contribution in [2.24, 2.45) is 11.8 Å². The normalized spacial score (nSPS) is 19.5. The van der Waals surface area contributed by atoms with Gasteiger partial charge >= 0.3 is 0 Å². The number of rotatable bonds is 8. The monoisotopic (exact) mass is 228 g/mol. The predicted molar refractivity (Wildman–Crippen MR) is 67.5 cm³/mol. The maximum atomic E-state index is 9.94. The van der Waals surface area contributed by atoms with Crippen molar-refractivity contribution in [2.75, 3.05) is 13.2 Å². The van der Waals surface area contributed by atoms with Crippen molar-refractivity contribution in [3.05, 3.63) is 0 Å². The molecule has 0 saturated heterocycles. The van der Waals surface area contributed by atoms with Gasteiger partial charge in [-0.15, -0.1) is 0 Å². The first-order valence-corrected chi connectivity index (χ1v) is 6.96. The zero-order chi connectivity index (χ0) is 11.8. The van der Waals surface area contributed by atoms with Gasteiger partial charge in [0.05, 0.1) is 6.10 Å². The average Bonchev–Trinajstić information content (AvgIpc) is 2.75. The summed E-state index contributed by atoms with van der Waals surface area (Å²) < 4.78 is 5.55. The lowest BCUT2D eigenvalue weighted by Crippen LogP contribution is -2.18. The molecule has 16 heavy (non-hydrogen) atoms. The van der Waals surface area contributed by atoms with Gasteiger partial charge in [0.25, 0.3) is 0 Å². The van der Waals surface area contributed by atoms with E-state index < -0.39 is 0 Å². The lowest BCUT2D eigenvalue weighted by Gasteiger charge is -2.17. The summed E-state index contributed by atoms with van der Waals surface area (Å²) in [7, 11) is 0. The van der Waals surface area contributed by atoms with E-state index in [1.807, 2.05) is 0 Å². The van der Waals surface area contributed by atoms with Crippen molar-refractivity contribution in [3.63, 3.8) is 0 Å². The highest BCUT2D eigenvalue weighted by atomic mass is 16.5. The molecule has 2 nitrogen and oxygen atoms in total. The Kier molecular flexibility index (Phi) is 7.06. The molecule has 1 aliphatic rings. The summed E-state index contributed by atoms with van der Waals surface area (Å²) in [6.07, 6.45) is 8.09. The smallest absolute Gasteiger partial charge is 0.0569 e. The lowest BCUT2D eigenvalue weighted by atomic mass is 9.97. The number of hydrogen-bond donors (Lipinski definition) is 1. The van der Waals surface area contributed by atoms with Crippen LogP contribution in [0.5, 0.6) is 0 Å². The SMILES string of the molecule is CC(C)CCOCCCC(O)C1CCCC1. The van der Waals surface area contributed by atoms with Crippen LogP contribution in [0.1, 0.15) is 58.8 Å². The average molecular weight is 228 g/mol. The fourth-order valence-electron chi connectivity index (χ4n) is 2.39. The quantitative estimate of drug-likeness (QED) is 0.645. The van der Waals surface area contributed by atoms with Crippen molar-refractivity contribution < 1.29 is 9.84 Å². The largest absolute Gasteiger partial charge is 0.393 e. The Morgan fingerprint density at radius 3 is 2.44 bits per heavy atom. The summed E-state index contributed by atoms with van der Waals surface area (Å²) in [6, 6.07) is 0. The number of ether oxygens (including phenoxy) is 1. The van der Waals surface area contributed by atoms with E-state index >= 15 is 0 Å². The third-order valence-electron chi connectivity index (χ3n) is 3.57. The molecule has 0 aromatic rings. The minimum atomic E-state index is -0.0730. The van der Waals surface area contributed by atoms with Gasteiger partial charge in [0.2, 0.25) is 0 Å². The van der Waals surface area contributed by atoms with Crippen LogP contribution in [0.15, 0.2) is 0 Å². The van der Waals surface area contributed by atoms with Crippen LogP contribution in [0, 0.1) is 11.8 Å². The summed E-state index contributed by atoms with van der Waals surface area (Å²) in [5.74, 6) is 1.31. The zero-order valence-electron chi connectivity index (χ0n) is 11.0. The Morgan fingerprint density at radius 1 is 1.12 bits per heavy atom. The molecular weight excluding hydrogens is 200 g/mol. The first-order chi connectivity index (χ1) is 7.70. The molecule has 0 bridgehead atoms. The Morgan fingerprint density at radius 2 is 1.81 bits per heavy atom. The Hall–Kier alpha value is -0.0800. The second-order valence-electron chi connectivity index (χ2n) is 5.55. The molecule has 0 aromatic carbocycles. The molecule has 2 heteroatoms. The fraction of sp³-hybridized carbons (Fsp3) is 1.00. The molecule has 96 valence electrons. The second kappa shape index (κ2) is 8.08. The summed E-state index contributed by atoms with van der Waals surface area (Å²) in [5, 5.41) is 9.94. The van der Waals surface area contributed by atoms with E-state index in [1.165, 1.54) is 25.7 Å². The Bertz CT molecular complexity index is 162. The van der Waals surface area contributed by atoms with Crippen LogP contribution in [-0.2, 0) is 4.74 Å². The molecule has 0 spiro atoms. The van der Waals surface area contributed by atoms with Crippen LogP contribution in [0.2, 0.25) is 0 Å². The number of aliphatic hydroxyl groups is 1. The van der Waals surface area contributed by atoms with Crippen LogP contribution in [0.25, 0.3) is 0 Å². The fourth-order valence-corrected chi connectivity index (χ4v) is 2.39. The van der Waals surface area contributed by atoms with E-state index in [4.69, 9.17) is 4.74 Å². The van der Waals surface area contributed by atoms with Gasteiger partial charge in [-0.25, -0.2) is 0 Å². The molecule has 1 atom stereocenters. The standard InChI is InChI=1S/C14H28O2/c1-12(2)9-11-16-10-5-8-14(15)13-6-3-4-7-13/h12-15H,3-11H2,1-2H3. The molecule has 0 heterocycles. The van der Waals surface area contributed by atoms with E-state index in [0.717, 1.165) is 38.4 Å². The van der Waals surface area contributed by atoms with Crippen molar-refractivity contribution >= 4 is 0 Å².